The van der Waals surface area contributed by atoms with E-state index in [0.29, 0.717) is 12.5 Å². The molecule has 0 bridgehead atoms. The van der Waals surface area contributed by atoms with Gasteiger partial charge in [-0.15, -0.1) is 0 Å². The predicted octanol–water partition coefficient (Wildman–Crippen LogP) is 1.67. The van der Waals surface area contributed by atoms with Crippen molar-refractivity contribution in [2.45, 2.75) is 25.5 Å². The minimum absolute atomic E-state index is 0.262. The standard InChI is InChI=1S/C17H23N5O/c1-22-12-15(10-21-22)14-5-2-4-13(8-14)9-19-17(18)20-11-16-6-3-7-23-16/h2,4-5,8,10,12,16H,3,6-7,9,11H2,1H3,(H3,18,19,20). The van der Waals surface area contributed by atoms with Gasteiger partial charge in [-0.2, -0.15) is 5.10 Å². The fourth-order valence-electron chi connectivity index (χ4n) is 2.68. The molecule has 23 heavy (non-hydrogen) atoms. The SMILES string of the molecule is Cn1cc(-c2cccc(CN=C(N)NCC3CCCO3)c2)cn1. The van der Waals surface area contributed by atoms with Gasteiger partial charge in [-0.1, -0.05) is 18.2 Å². The summed E-state index contributed by atoms with van der Waals surface area (Å²) in [6.45, 7) is 2.13. The van der Waals surface area contributed by atoms with E-state index in [1.165, 1.54) is 0 Å². The first-order valence-corrected chi connectivity index (χ1v) is 7.94. The summed E-state index contributed by atoms with van der Waals surface area (Å²) in [6, 6.07) is 8.27. The zero-order valence-electron chi connectivity index (χ0n) is 13.4. The molecular formula is C17H23N5O. The molecule has 2 aromatic rings. The van der Waals surface area contributed by atoms with E-state index >= 15 is 0 Å². The number of nitrogens with one attached hydrogen (secondary N) is 1. The number of aromatic nitrogens is 2. The number of aryl methyl sites for hydroxylation is 1. The third-order valence-electron chi connectivity index (χ3n) is 3.93. The summed E-state index contributed by atoms with van der Waals surface area (Å²) in [7, 11) is 1.91. The highest BCUT2D eigenvalue weighted by molar-refractivity contribution is 5.77. The van der Waals surface area contributed by atoms with Crippen LogP contribution < -0.4 is 11.1 Å². The molecule has 1 unspecified atom stereocenters. The zero-order valence-corrected chi connectivity index (χ0v) is 13.4. The molecule has 0 radical (unpaired) electrons. The van der Waals surface area contributed by atoms with Crippen LogP contribution >= 0.6 is 0 Å². The van der Waals surface area contributed by atoms with Crippen LogP contribution in [0.25, 0.3) is 11.1 Å². The van der Waals surface area contributed by atoms with E-state index in [2.05, 4.69) is 33.6 Å². The Morgan fingerprint density at radius 2 is 2.39 bits per heavy atom. The maximum atomic E-state index is 5.92. The highest BCUT2D eigenvalue weighted by Crippen LogP contribution is 2.19. The molecule has 6 heteroatoms. The number of nitrogens with two attached hydrogens (primary N) is 1. The van der Waals surface area contributed by atoms with Gasteiger partial charge in [-0.25, -0.2) is 4.99 Å². The smallest absolute Gasteiger partial charge is 0.189 e. The number of hydrogen-bond acceptors (Lipinski definition) is 3. The summed E-state index contributed by atoms with van der Waals surface area (Å²) in [6.07, 6.45) is 6.34. The number of nitrogens with zero attached hydrogens (tertiary/aromatic N) is 3. The van der Waals surface area contributed by atoms with Gasteiger partial charge in [0.25, 0.3) is 0 Å². The van der Waals surface area contributed by atoms with Crippen molar-refractivity contribution in [3.63, 3.8) is 0 Å². The van der Waals surface area contributed by atoms with Crippen molar-refractivity contribution < 1.29 is 4.74 Å². The fraction of sp³-hybridized carbons (Fsp3) is 0.412. The summed E-state index contributed by atoms with van der Waals surface area (Å²) in [5.74, 6) is 0.465. The second kappa shape index (κ2) is 7.28. The molecular weight excluding hydrogens is 290 g/mol. The highest BCUT2D eigenvalue weighted by Gasteiger charge is 2.14. The van der Waals surface area contributed by atoms with Crippen molar-refractivity contribution in [3.8, 4) is 11.1 Å². The van der Waals surface area contributed by atoms with Gasteiger partial charge >= 0.3 is 0 Å². The van der Waals surface area contributed by atoms with Crippen LogP contribution in [0.2, 0.25) is 0 Å². The number of guanidine groups is 1. The minimum atomic E-state index is 0.262. The summed E-state index contributed by atoms with van der Waals surface area (Å²) >= 11 is 0. The molecule has 1 aromatic heterocycles. The van der Waals surface area contributed by atoms with E-state index < -0.39 is 0 Å². The van der Waals surface area contributed by atoms with Crippen LogP contribution in [0.15, 0.2) is 41.7 Å². The summed E-state index contributed by atoms with van der Waals surface area (Å²) in [5, 5.41) is 7.34. The van der Waals surface area contributed by atoms with Gasteiger partial charge in [0.05, 0.1) is 18.8 Å². The van der Waals surface area contributed by atoms with Gasteiger partial charge in [-0.05, 0) is 30.0 Å². The van der Waals surface area contributed by atoms with Crippen molar-refractivity contribution >= 4 is 5.96 Å². The molecule has 1 fully saturated rings. The molecule has 3 N–H and O–H groups in total. The maximum absolute atomic E-state index is 5.92. The lowest BCUT2D eigenvalue weighted by atomic mass is 10.1. The van der Waals surface area contributed by atoms with Gasteiger partial charge in [0, 0.05) is 32.0 Å². The lowest BCUT2D eigenvalue weighted by Crippen LogP contribution is -2.37. The molecule has 1 atom stereocenters. The third-order valence-corrected chi connectivity index (χ3v) is 3.93. The Morgan fingerprint density at radius 3 is 3.13 bits per heavy atom. The first-order valence-electron chi connectivity index (χ1n) is 7.94. The number of hydrogen-bond donors (Lipinski definition) is 2. The lowest BCUT2D eigenvalue weighted by Gasteiger charge is -2.11. The van der Waals surface area contributed by atoms with Crippen LogP contribution in [0, 0.1) is 0 Å². The van der Waals surface area contributed by atoms with Gasteiger partial charge in [0.2, 0.25) is 0 Å². The van der Waals surface area contributed by atoms with Gasteiger partial charge in [-0.3, -0.25) is 4.68 Å². The van der Waals surface area contributed by atoms with Gasteiger partial charge < -0.3 is 15.8 Å². The Hall–Kier alpha value is -2.34. The molecule has 0 spiro atoms. The predicted molar refractivity (Wildman–Crippen MR) is 90.9 cm³/mol. The van der Waals surface area contributed by atoms with Crippen LogP contribution in [0.5, 0.6) is 0 Å². The lowest BCUT2D eigenvalue weighted by molar-refractivity contribution is 0.114. The molecule has 1 aliphatic rings. The first kappa shape index (κ1) is 15.6. The molecule has 2 heterocycles. The van der Waals surface area contributed by atoms with Crippen LogP contribution in [0.1, 0.15) is 18.4 Å². The van der Waals surface area contributed by atoms with E-state index in [9.17, 15) is 0 Å². The van der Waals surface area contributed by atoms with Gasteiger partial charge in [0.15, 0.2) is 5.96 Å². The number of ether oxygens (including phenoxy) is 1. The summed E-state index contributed by atoms with van der Waals surface area (Å²) < 4.78 is 7.35. The van der Waals surface area contributed by atoms with Crippen molar-refractivity contribution in [1.29, 1.82) is 0 Å². The van der Waals surface area contributed by atoms with E-state index in [4.69, 9.17) is 10.5 Å². The third kappa shape index (κ3) is 4.32. The second-order valence-electron chi connectivity index (χ2n) is 5.82. The monoisotopic (exact) mass is 313 g/mol. The Bertz CT molecular complexity index is 673. The van der Waals surface area contributed by atoms with E-state index in [-0.39, 0.29) is 6.10 Å². The van der Waals surface area contributed by atoms with Gasteiger partial charge in [0.1, 0.15) is 0 Å². The second-order valence-corrected chi connectivity index (χ2v) is 5.82. The topological polar surface area (TPSA) is 77.5 Å². The van der Waals surface area contributed by atoms with Crippen LogP contribution in [0.3, 0.4) is 0 Å². The molecule has 6 nitrogen and oxygen atoms in total. The number of rotatable bonds is 5. The average Bonchev–Trinajstić information content (AvgIpc) is 3.23. The Labute approximate surface area is 136 Å². The molecule has 0 saturated carbocycles. The molecule has 0 amide bonds. The summed E-state index contributed by atoms with van der Waals surface area (Å²) in [5.41, 5.74) is 9.28. The van der Waals surface area contributed by atoms with Crippen molar-refractivity contribution in [3.05, 3.63) is 42.2 Å². The molecule has 1 aromatic carbocycles. The molecule has 0 aliphatic carbocycles. The fourth-order valence-corrected chi connectivity index (χ4v) is 2.68. The first-order chi connectivity index (χ1) is 11.2. The summed E-state index contributed by atoms with van der Waals surface area (Å²) in [4.78, 5) is 4.40. The van der Waals surface area contributed by atoms with Crippen molar-refractivity contribution in [2.75, 3.05) is 13.2 Å². The largest absolute Gasteiger partial charge is 0.376 e. The number of aliphatic imine (C=N–C) groups is 1. The van der Waals surface area contributed by atoms with Crippen LogP contribution in [0.4, 0.5) is 0 Å². The maximum Gasteiger partial charge on any atom is 0.189 e. The Balaban J connectivity index is 1.57. The van der Waals surface area contributed by atoms with E-state index in [0.717, 1.165) is 42.7 Å². The number of benzene rings is 1. The Morgan fingerprint density at radius 1 is 1.48 bits per heavy atom. The van der Waals surface area contributed by atoms with Crippen molar-refractivity contribution in [1.82, 2.24) is 15.1 Å². The zero-order chi connectivity index (χ0) is 16.1. The minimum Gasteiger partial charge on any atom is -0.376 e. The van der Waals surface area contributed by atoms with Crippen molar-refractivity contribution in [2.24, 2.45) is 17.8 Å². The molecule has 1 aliphatic heterocycles. The molecule has 3 rings (SSSR count). The molecule has 122 valence electrons. The molecule has 1 saturated heterocycles. The van der Waals surface area contributed by atoms with Crippen LogP contribution in [-0.2, 0) is 18.3 Å². The van der Waals surface area contributed by atoms with E-state index in [1.54, 1.807) is 4.68 Å². The normalized spacial score (nSPS) is 18.3. The average molecular weight is 313 g/mol. The quantitative estimate of drug-likeness (QED) is 0.650. The Kier molecular flexibility index (Phi) is 4.92. The van der Waals surface area contributed by atoms with Crippen LogP contribution in [-0.4, -0.2) is 35.0 Å². The van der Waals surface area contributed by atoms with E-state index in [1.807, 2.05) is 25.5 Å². The highest BCUT2D eigenvalue weighted by atomic mass is 16.5.